The number of aromatic amines is 1. The van der Waals surface area contributed by atoms with Crippen molar-refractivity contribution in [2.24, 2.45) is 0 Å². The fraction of sp³-hybridized carbons (Fsp3) is 0.308. The van der Waals surface area contributed by atoms with E-state index in [0.29, 0.717) is 10.9 Å². The average Bonchev–Trinajstić information content (AvgIpc) is 2.95. The van der Waals surface area contributed by atoms with Crippen LogP contribution >= 0.6 is 0 Å². The number of para-hydroxylation sites is 1. The van der Waals surface area contributed by atoms with Gasteiger partial charge in [0.15, 0.2) is 6.10 Å². The highest BCUT2D eigenvalue weighted by molar-refractivity contribution is 6.02. The zero-order chi connectivity index (χ0) is 16.4. The Kier molecular flexibility index (Phi) is 4.52. The van der Waals surface area contributed by atoms with E-state index in [0.717, 1.165) is 0 Å². The molecule has 0 amide bonds. The molecule has 2 aromatic rings. The first-order valence-corrected chi connectivity index (χ1v) is 6.30. The molecule has 0 bridgehead atoms. The molecule has 1 aromatic carbocycles. The van der Waals surface area contributed by atoms with Gasteiger partial charge in [-0.2, -0.15) is 0 Å². The molecule has 0 saturated carbocycles. The van der Waals surface area contributed by atoms with Gasteiger partial charge in [0.25, 0.3) is 0 Å². The highest BCUT2D eigenvalue weighted by atomic mass is 16.7. The van der Waals surface area contributed by atoms with Crippen molar-refractivity contribution in [2.45, 2.75) is 24.5 Å². The molecule has 4 atom stereocenters. The quantitative estimate of drug-likeness (QED) is 0.199. The van der Waals surface area contributed by atoms with Crippen LogP contribution in [0, 0.1) is 10.1 Å². The van der Waals surface area contributed by atoms with E-state index in [1.807, 2.05) is 0 Å². The summed E-state index contributed by atoms with van der Waals surface area (Å²) in [5.74, 6) is -0.960. The van der Waals surface area contributed by atoms with E-state index >= 15 is 0 Å². The van der Waals surface area contributed by atoms with Crippen LogP contribution < -0.4 is 0 Å². The topological polar surface area (TPSA) is 157 Å². The van der Waals surface area contributed by atoms with Gasteiger partial charge in [-0.05, 0) is 12.1 Å². The molecule has 1 unspecified atom stereocenters. The Labute approximate surface area is 123 Å². The molecule has 2 rings (SSSR count). The van der Waals surface area contributed by atoms with Crippen molar-refractivity contribution in [3.63, 3.8) is 0 Å². The van der Waals surface area contributed by atoms with Crippen molar-refractivity contribution in [2.75, 3.05) is 0 Å². The number of aliphatic hydroxyl groups excluding tert-OH is 4. The summed E-state index contributed by atoms with van der Waals surface area (Å²) in [5, 5.41) is 48.8. The maximum absolute atomic E-state index is 12.0. The predicted octanol–water partition coefficient (Wildman–Crippen LogP) is -0.972. The van der Waals surface area contributed by atoms with Gasteiger partial charge in [-0.1, -0.05) is 18.2 Å². The second kappa shape index (κ2) is 6.20. The molecule has 0 aliphatic carbocycles. The van der Waals surface area contributed by atoms with Gasteiger partial charge < -0.3 is 25.4 Å². The van der Waals surface area contributed by atoms with E-state index in [1.54, 1.807) is 24.3 Å². The lowest BCUT2D eigenvalue weighted by Gasteiger charge is -2.21. The summed E-state index contributed by atoms with van der Waals surface area (Å²) in [4.78, 5) is 23.9. The number of Topliss-reactive ketones (excluding diaryl/α,β-unsaturated/α-hetero) is 1. The third kappa shape index (κ3) is 2.97. The van der Waals surface area contributed by atoms with Crippen molar-refractivity contribution in [3.8, 4) is 0 Å². The van der Waals surface area contributed by atoms with Crippen molar-refractivity contribution in [1.82, 2.24) is 4.98 Å². The fourth-order valence-electron chi connectivity index (χ4n) is 2.01. The van der Waals surface area contributed by atoms with Crippen LogP contribution in [0.25, 0.3) is 10.9 Å². The Hall–Kier alpha value is -2.33. The lowest BCUT2D eigenvalue weighted by atomic mass is 10.0. The fourth-order valence-corrected chi connectivity index (χ4v) is 2.01. The molecule has 0 saturated heterocycles. The van der Waals surface area contributed by atoms with Crippen molar-refractivity contribution in [1.29, 1.82) is 0 Å². The lowest BCUT2D eigenvalue weighted by molar-refractivity contribution is -0.585. The van der Waals surface area contributed by atoms with Gasteiger partial charge in [0.2, 0.25) is 5.78 Å². The molecular formula is C13H14N2O7. The number of nitro groups is 1. The van der Waals surface area contributed by atoms with E-state index in [4.69, 9.17) is 5.11 Å². The standard InChI is InChI=1S/C13H14N2O7/c16-9(8-5-6-3-1-2-4-7(6)14-8)10(17)11(18)12(19)13(20)15(21)22/h1-5,10-14,17-20H/t10-,11-,12-,13?/m0/s1. The minimum atomic E-state index is -2.51. The molecule has 118 valence electrons. The van der Waals surface area contributed by atoms with Crippen LogP contribution in [0.15, 0.2) is 30.3 Å². The number of nitrogens with zero attached hydrogens (tertiary/aromatic N) is 1. The van der Waals surface area contributed by atoms with Gasteiger partial charge in [-0.25, -0.2) is 0 Å². The van der Waals surface area contributed by atoms with Crippen molar-refractivity contribution in [3.05, 3.63) is 46.1 Å². The van der Waals surface area contributed by atoms with Crippen LogP contribution in [0.4, 0.5) is 0 Å². The number of hydrogen-bond acceptors (Lipinski definition) is 7. The Morgan fingerprint density at radius 1 is 1.14 bits per heavy atom. The van der Waals surface area contributed by atoms with Gasteiger partial charge in [-0.15, -0.1) is 0 Å². The van der Waals surface area contributed by atoms with Crippen molar-refractivity contribution >= 4 is 16.7 Å². The summed E-state index contributed by atoms with van der Waals surface area (Å²) in [6.45, 7) is 0. The third-order valence-corrected chi connectivity index (χ3v) is 3.26. The number of nitrogens with one attached hydrogen (secondary N) is 1. The van der Waals surface area contributed by atoms with Gasteiger partial charge >= 0.3 is 6.23 Å². The second-order valence-corrected chi connectivity index (χ2v) is 4.76. The molecule has 9 nitrogen and oxygen atoms in total. The summed E-state index contributed by atoms with van der Waals surface area (Å²) in [7, 11) is 0. The second-order valence-electron chi connectivity index (χ2n) is 4.76. The SMILES string of the molecule is O=C(c1cc2ccccc2[nH]1)[C@H](O)[C@H](O)[C@H](O)C(O)[N+](=O)[O-]. The monoisotopic (exact) mass is 310 g/mol. The first kappa shape index (κ1) is 16.0. The summed E-state index contributed by atoms with van der Waals surface area (Å²) < 4.78 is 0. The van der Waals surface area contributed by atoms with Gasteiger partial charge in [0.05, 0.1) is 10.6 Å². The molecule has 0 radical (unpaired) electrons. The smallest absolute Gasteiger partial charge is 0.341 e. The van der Waals surface area contributed by atoms with Gasteiger partial charge in [0.1, 0.15) is 12.2 Å². The molecule has 1 heterocycles. The maximum Gasteiger partial charge on any atom is 0.341 e. The molecule has 5 N–H and O–H groups in total. The Balaban J connectivity index is 2.19. The molecule has 0 aliphatic heterocycles. The van der Waals surface area contributed by atoms with E-state index in [2.05, 4.69) is 4.98 Å². The van der Waals surface area contributed by atoms with Gasteiger partial charge in [-0.3, -0.25) is 14.9 Å². The Morgan fingerprint density at radius 3 is 2.36 bits per heavy atom. The number of hydrogen-bond donors (Lipinski definition) is 5. The number of aliphatic hydroxyl groups is 4. The number of rotatable bonds is 6. The molecule has 22 heavy (non-hydrogen) atoms. The first-order chi connectivity index (χ1) is 10.3. The average molecular weight is 310 g/mol. The highest BCUT2D eigenvalue weighted by Crippen LogP contribution is 2.17. The molecular weight excluding hydrogens is 296 g/mol. The predicted molar refractivity (Wildman–Crippen MR) is 73.7 cm³/mol. The van der Waals surface area contributed by atoms with Crippen molar-refractivity contribution < 1.29 is 30.1 Å². The van der Waals surface area contributed by atoms with E-state index in [9.17, 15) is 30.2 Å². The number of benzene rings is 1. The first-order valence-electron chi connectivity index (χ1n) is 6.30. The largest absolute Gasteiger partial charge is 0.387 e. The minimum absolute atomic E-state index is 0.0319. The third-order valence-electron chi connectivity index (χ3n) is 3.26. The number of fused-ring (bicyclic) bond motifs is 1. The zero-order valence-corrected chi connectivity index (χ0v) is 11.2. The van der Waals surface area contributed by atoms with E-state index in [-0.39, 0.29) is 5.69 Å². The summed E-state index contributed by atoms with van der Waals surface area (Å²) in [6.07, 6.45) is -9.16. The summed E-state index contributed by atoms with van der Waals surface area (Å²) in [6, 6.07) is 8.32. The molecule has 0 aliphatic rings. The Morgan fingerprint density at radius 2 is 1.77 bits per heavy atom. The number of aromatic nitrogens is 1. The summed E-state index contributed by atoms with van der Waals surface area (Å²) in [5.41, 5.74) is 0.592. The molecule has 9 heteroatoms. The maximum atomic E-state index is 12.0. The van der Waals surface area contributed by atoms with E-state index < -0.39 is 35.2 Å². The minimum Gasteiger partial charge on any atom is -0.387 e. The molecule has 1 aromatic heterocycles. The lowest BCUT2D eigenvalue weighted by Crippen LogP contribution is -2.50. The number of carbonyl (C=O) groups is 1. The van der Waals surface area contributed by atoms with Crippen LogP contribution in [-0.2, 0) is 0 Å². The normalized spacial score (nSPS) is 16.9. The van der Waals surface area contributed by atoms with Crippen LogP contribution in [0.3, 0.4) is 0 Å². The van der Waals surface area contributed by atoms with E-state index in [1.165, 1.54) is 6.07 Å². The highest BCUT2D eigenvalue weighted by Gasteiger charge is 2.40. The van der Waals surface area contributed by atoms with Crippen LogP contribution in [0.2, 0.25) is 0 Å². The van der Waals surface area contributed by atoms with Crippen LogP contribution in [0.1, 0.15) is 10.5 Å². The Bertz CT molecular complexity index is 666. The zero-order valence-electron chi connectivity index (χ0n) is 11.2. The molecule has 0 fully saturated rings. The van der Waals surface area contributed by atoms with Crippen LogP contribution in [0.5, 0.6) is 0 Å². The van der Waals surface area contributed by atoms with Gasteiger partial charge in [0, 0.05) is 10.9 Å². The number of ketones is 1. The summed E-state index contributed by atoms with van der Waals surface area (Å²) >= 11 is 0. The number of carbonyl (C=O) groups excluding carboxylic acids is 1. The number of H-pyrrole nitrogens is 1. The molecule has 0 spiro atoms. The van der Waals surface area contributed by atoms with Crippen LogP contribution in [-0.4, -0.2) is 60.7 Å².